The van der Waals surface area contributed by atoms with Gasteiger partial charge >= 0.3 is 0 Å². The van der Waals surface area contributed by atoms with Gasteiger partial charge in [-0.15, -0.1) is 0 Å². The Kier molecular flexibility index (Phi) is 5.03. The van der Waals surface area contributed by atoms with Crippen molar-refractivity contribution in [3.05, 3.63) is 71.0 Å². The molecule has 4 rings (SSSR count). The second-order valence-corrected chi connectivity index (χ2v) is 9.31. The smallest absolute Gasteiger partial charge is 0.229 e. The van der Waals surface area contributed by atoms with E-state index in [-0.39, 0.29) is 17.6 Å². The molecule has 3 aromatic rings. The van der Waals surface area contributed by atoms with Crippen LogP contribution in [0.15, 0.2) is 48.5 Å². The van der Waals surface area contributed by atoms with Crippen molar-refractivity contribution in [3.8, 4) is 11.1 Å². The van der Waals surface area contributed by atoms with Crippen LogP contribution in [0.1, 0.15) is 39.6 Å². The van der Waals surface area contributed by atoms with Crippen molar-refractivity contribution in [1.29, 1.82) is 0 Å². The molecule has 2 aromatic carbocycles. The normalized spacial score (nSPS) is 16.2. The number of aryl methyl sites for hydroxylation is 1. The zero-order valence-electron chi connectivity index (χ0n) is 16.7. The Morgan fingerprint density at radius 3 is 2.60 bits per heavy atom. The third-order valence-corrected chi connectivity index (χ3v) is 5.82. The topological polar surface area (TPSA) is 115 Å². The van der Waals surface area contributed by atoms with Gasteiger partial charge in [-0.2, -0.15) is 0 Å². The molecule has 0 saturated carbocycles. The third kappa shape index (κ3) is 4.04. The van der Waals surface area contributed by atoms with E-state index in [1.165, 1.54) is 0 Å². The quantitative estimate of drug-likeness (QED) is 0.666. The van der Waals surface area contributed by atoms with Crippen LogP contribution in [0.4, 0.5) is 11.6 Å². The first-order chi connectivity index (χ1) is 14.2. The number of aromatic nitrogens is 2. The highest BCUT2D eigenvalue weighted by atomic mass is 32.2. The van der Waals surface area contributed by atoms with Crippen molar-refractivity contribution >= 4 is 27.4 Å². The molecular weight excluding hydrogens is 400 g/mol. The molecule has 8 heteroatoms. The van der Waals surface area contributed by atoms with Gasteiger partial charge in [0.2, 0.25) is 16.0 Å². The molecule has 0 spiro atoms. The summed E-state index contributed by atoms with van der Waals surface area (Å²) in [5.41, 5.74) is 11.0. The van der Waals surface area contributed by atoms with Gasteiger partial charge in [-0.1, -0.05) is 36.4 Å². The molecule has 0 saturated heterocycles. The van der Waals surface area contributed by atoms with Crippen molar-refractivity contribution in [2.24, 2.45) is 0 Å². The van der Waals surface area contributed by atoms with Gasteiger partial charge < -0.3 is 5.73 Å². The van der Waals surface area contributed by atoms with E-state index in [0.29, 0.717) is 35.5 Å². The van der Waals surface area contributed by atoms with Gasteiger partial charge in [0.1, 0.15) is 0 Å². The Hall–Kier alpha value is -3.26. The van der Waals surface area contributed by atoms with Crippen molar-refractivity contribution in [3.63, 3.8) is 0 Å². The summed E-state index contributed by atoms with van der Waals surface area (Å²) in [7, 11) is -3.38. The van der Waals surface area contributed by atoms with Gasteiger partial charge in [0.15, 0.2) is 5.78 Å². The predicted molar refractivity (Wildman–Crippen MR) is 117 cm³/mol. The van der Waals surface area contributed by atoms with E-state index in [9.17, 15) is 13.2 Å². The fourth-order valence-corrected chi connectivity index (χ4v) is 4.65. The molecule has 30 heavy (non-hydrogen) atoms. The summed E-state index contributed by atoms with van der Waals surface area (Å²) in [5.74, 6) is 0.134. The summed E-state index contributed by atoms with van der Waals surface area (Å²) in [5, 5.41) is 0. The highest BCUT2D eigenvalue weighted by Gasteiger charge is 2.30. The van der Waals surface area contributed by atoms with Crippen LogP contribution in [0, 0.1) is 6.92 Å². The number of hydrogen-bond donors (Lipinski definition) is 2. The molecule has 1 heterocycles. The van der Waals surface area contributed by atoms with Gasteiger partial charge in [0, 0.05) is 12.1 Å². The average molecular weight is 423 g/mol. The lowest BCUT2D eigenvalue weighted by Gasteiger charge is -2.26. The van der Waals surface area contributed by atoms with Crippen LogP contribution < -0.4 is 10.5 Å². The highest BCUT2D eigenvalue weighted by molar-refractivity contribution is 7.92. The highest BCUT2D eigenvalue weighted by Crippen LogP contribution is 2.38. The number of fused-ring (bicyclic) bond motifs is 1. The molecule has 0 aliphatic heterocycles. The molecule has 1 unspecified atom stereocenters. The number of nitrogens with one attached hydrogen (secondary N) is 1. The average Bonchev–Trinajstić information content (AvgIpc) is 2.66. The molecule has 0 bridgehead atoms. The molecule has 1 atom stereocenters. The van der Waals surface area contributed by atoms with E-state index in [2.05, 4.69) is 14.7 Å². The number of nitrogens with zero attached hydrogens (tertiary/aromatic N) is 2. The van der Waals surface area contributed by atoms with Crippen molar-refractivity contribution < 1.29 is 13.2 Å². The van der Waals surface area contributed by atoms with Crippen LogP contribution in [0.3, 0.4) is 0 Å². The molecule has 7 nitrogen and oxygen atoms in total. The van der Waals surface area contributed by atoms with Crippen molar-refractivity contribution in [2.75, 3.05) is 16.7 Å². The van der Waals surface area contributed by atoms with E-state index >= 15 is 0 Å². The molecule has 3 N–H and O–H groups in total. The first kappa shape index (κ1) is 20.0. The molecule has 1 aliphatic carbocycles. The summed E-state index contributed by atoms with van der Waals surface area (Å²) in [6, 6.07) is 15.1. The van der Waals surface area contributed by atoms with Crippen molar-refractivity contribution in [1.82, 2.24) is 9.97 Å². The Morgan fingerprint density at radius 2 is 1.83 bits per heavy atom. The second kappa shape index (κ2) is 7.53. The van der Waals surface area contributed by atoms with E-state index in [0.717, 1.165) is 22.9 Å². The maximum Gasteiger partial charge on any atom is 0.229 e. The van der Waals surface area contributed by atoms with Crippen LogP contribution in [0.5, 0.6) is 0 Å². The number of sulfonamides is 1. The van der Waals surface area contributed by atoms with Crippen LogP contribution in [0.25, 0.3) is 11.1 Å². The molecule has 154 valence electrons. The standard InChI is InChI=1S/C22H22N4O3S/c1-13-21-19(25-22(23)24-13)11-15(12-20(21)27)18-9-4-3-8-17(18)14-6-5-7-16(10-14)26-30(2,28)29/h3-10,15,26H,11-12H2,1-2H3,(H2,23,24,25). The van der Waals surface area contributed by atoms with E-state index in [1.54, 1.807) is 25.1 Å². The molecule has 0 radical (unpaired) electrons. The molecular formula is C22H22N4O3S. The maximum atomic E-state index is 12.9. The van der Waals surface area contributed by atoms with E-state index < -0.39 is 10.0 Å². The van der Waals surface area contributed by atoms with Crippen LogP contribution in [-0.2, 0) is 16.4 Å². The zero-order valence-corrected chi connectivity index (χ0v) is 17.5. The minimum atomic E-state index is -3.38. The Balaban J connectivity index is 1.75. The Labute approximate surface area is 175 Å². The van der Waals surface area contributed by atoms with Crippen molar-refractivity contribution in [2.45, 2.75) is 25.7 Å². The lowest BCUT2D eigenvalue weighted by molar-refractivity contribution is 0.0962. The second-order valence-electron chi connectivity index (χ2n) is 7.56. The Bertz CT molecular complexity index is 1250. The summed E-state index contributed by atoms with van der Waals surface area (Å²) in [6.45, 7) is 1.78. The molecule has 1 aliphatic rings. The van der Waals surface area contributed by atoms with Crippen LogP contribution in [-0.4, -0.2) is 30.4 Å². The first-order valence-electron chi connectivity index (χ1n) is 9.54. The third-order valence-electron chi connectivity index (χ3n) is 5.21. The maximum absolute atomic E-state index is 12.9. The minimum absolute atomic E-state index is 0.0149. The van der Waals surface area contributed by atoms with Gasteiger partial charge in [0.05, 0.1) is 23.2 Å². The minimum Gasteiger partial charge on any atom is -0.368 e. The van der Waals surface area contributed by atoms with Gasteiger partial charge in [0.25, 0.3) is 0 Å². The molecule has 1 aromatic heterocycles. The van der Waals surface area contributed by atoms with E-state index in [4.69, 9.17) is 5.73 Å². The molecule has 0 fully saturated rings. The monoisotopic (exact) mass is 422 g/mol. The summed E-state index contributed by atoms with van der Waals surface area (Å²) < 4.78 is 25.7. The van der Waals surface area contributed by atoms with Gasteiger partial charge in [-0.05, 0) is 48.1 Å². The number of hydrogen-bond acceptors (Lipinski definition) is 6. The summed E-state index contributed by atoms with van der Waals surface area (Å²) >= 11 is 0. The SMILES string of the molecule is Cc1nc(N)nc2c1C(=O)CC(c1ccccc1-c1cccc(NS(C)(=O)=O)c1)C2. The number of anilines is 2. The molecule has 0 amide bonds. The number of carbonyl (C=O) groups excluding carboxylic acids is 1. The predicted octanol–water partition coefficient (Wildman–Crippen LogP) is 3.32. The van der Waals surface area contributed by atoms with Gasteiger partial charge in [-0.25, -0.2) is 18.4 Å². The van der Waals surface area contributed by atoms with E-state index in [1.807, 2.05) is 30.3 Å². The van der Waals surface area contributed by atoms with Crippen LogP contribution >= 0.6 is 0 Å². The lowest BCUT2D eigenvalue weighted by atomic mass is 9.78. The number of carbonyl (C=O) groups is 1. The number of ketones is 1. The lowest BCUT2D eigenvalue weighted by Crippen LogP contribution is -2.23. The fraction of sp³-hybridized carbons (Fsp3) is 0.227. The first-order valence-corrected chi connectivity index (χ1v) is 11.4. The zero-order chi connectivity index (χ0) is 21.5. The number of nitrogens with two attached hydrogens (primary N) is 1. The van der Waals surface area contributed by atoms with Crippen LogP contribution in [0.2, 0.25) is 0 Å². The number of benzene rings is 2. The van der Waals surface area contributed by atoms with Gasteiger partial charge in [-0.3, -0.25) is 9.52 Å². The number of rotatable bonds is 4. The summed E-state index contributed by atoms with van der Waals surface area (Å²) in [4.78, 5) is 21.3. The fourth-order valence-electron chi connectivity index (χ4n) is 4.10. The Morgan fingerprint density at radius 1 is 1.07 bits per heavy atom. The number of Topliss-reactive ketones (excluding diaryl/α,β-unsaturated/α-hetero) is 1. The largest absolute Gasteiger partial charge is 0.368 e. The number of nitrogen functional groups attached to an aromatic ring is 1. The summed E-state index contributed by atoms with van der Waals surface area (Å²) in [6.07, 6.45) is 2.07.